The SMILES string of the molecule is COC(=O)CCCCSc1nc(C(C)(C)C)nn1C(=O)N(C)C. The molecule has 0 spiro atoms. The Balaban J connectivity index is 2.74. The lowest BCUT2D eigenvalue weighted by Crippen LogP contribution is -2.29. The summed E-state index contributed by atoms with van der Waals surface area (Å²) in [5.41, 5.74) is -0.224. The summed E-state index contributed by atoms with van der Waals surface area (Å²) in [7, 11) is 4.76. The highest BCUT2D eigenvalue weighted by Gasteiger charge is 2.25. The summed E-state index contributed by atoms with van der Waals surface area (Å²) in [6.07, 6.45) is 2.00. The van der Waals surface area contributed by atoms with E-state index in [1.165, 1.54) is 28.5 Å². The van der Waals surface area contributed by atoms with E-state index < -0.39 is 0 Å². The zero-order valence-corrected chi connectivity index (χ0v) is 15.6. The van der Waals surface area contributed by atoms with Gasteiger partial charge in [0.05, 0.1) is 7.11 Å². The van der Waals surface area contributed by atoms with Crippen LogP contribution in [-0.2, 0) is 14.9 Å². The predicted molar refractivity (Wildman–Crippen MR) is 89.8 cm³/mol. The highest BCUT2D eigenvalue weighted by atomic mass is 32.2. The molecule has 0 N–H and O–H groups in total. The molecule has 1 aromatic rings. The van der Waals surface area contributed by atoms with E-state index in [4.69, 9.17) is 0 Å². The van der Waals surface area contributed by atoms with Gasteiger partial charge in [-0.2, -0.15) is 4.68 Å². The second kappa shape index (κ2) is 8.33. The molecule has 23 heavy (non-hydrogen) atoms. The lowest BCUT2D eigenvalue weighted by molar-refractivity contribution is -0.140. The number of carbonyl (C=O) groups is 2. The third-order valence-corrected chi connectivity index (χ3v) is 4.06. The average molecular weight is 342 g/mol. The minimum atomic E-state index is -0.224. The third kappa shape index (κ3) is 5.85. The number of ether oxygens (including phenoxy) is 1. The first kappa shape index (κ1) is 19.5. The maximum absolute atomic E-state index is 12.2. The molecule has 0 atom stereocenters. The molecule has 1 amide bonds. The van der Waals surface area contributed by atoms with Crippen LogP contribution >= 0.6 is 11.8 Å². The molecular formula is C15H26N4O3S. The van der Waals surface area contributed by atoms with Crippen LogP contribution in [0.1, 0.15) is 45.9 Å². The van der Waals surface area contributed by atoms with E-state index in [-0.39, 0.29) is 17.4 Å². The Hall–Kier alpha value is -1.57. The second-order valence-electron chi connectivity index (χ2n) is 6.44. The van der Waals surface area contributed by atoms with Crippen LogP contribution in [0, 0.1) is 0 Å². The molecule has 0 aliphatic rings. The third-order valence-electron chi connectivity index (χ3n) is 3.05. The highest BCUT2D eigenvalue weighted by Crippen LogP contribution is 2.24. The summed E-state index contributed by atoms with van der Waals surface area (Å²) >= 11 is 1.48. The minimum absolute atomic E-state index is 0.198. The Morgan fingerprint density at radius 3 is 2.43 bits per heavy atom. The van der Waals surface area contributed by atoms with Crippen molar-refractivity contribution in [2.75, 3.05) is 27.0 Å². The fourth-order valence-corrected chi connectivity index (χ4v) is 2.58. The summed E-state index contributed by atoms with van der Waals surface area (Å²) in [6.45, 7) is 6.03. The Morgan fingerprint density at radius 2 is 1.91 bits per heavy atom. The number of hydrogen-bond donors (Lipinski definition) is 0. The van der Waals surface area contributed by atoms with Crippen LogP contribution in [0.3, 0.4) is 0 Å². The van der Waals surface area contributed by atoms with E-state index in [0.29, 0.717) is 17.4 Å². The van der Waals surface area contributed by atoms with Gasteiger partial charge < -0.3 is 9.64 Å². The minimum Gasteiger partial charge on any atom is -0.469 e. The fraction of sp³-hybridized carbons (Fsp3) is 0.733. The number of esters is 1. The standard InChI is InChI=1S/C15H26N4O3S/c1-15(2,3)12-16-13(19(17-12)14(21)18(4)5)23-10-8-7-9-11(20)22-6/h7-10H2,1-6H3. The quantitative estimate of drug-likeness (QED) is 0.449. The second-order valence-corrected chi connectivity index (χ2v) is 7.50. The number of amides is 1. The number of unbranched alkanes of at least 4 members (excludes halogenated alkanes) is 1. The van der Waals surface area contributed by atoms with Crippen molar-refractivity contribution in [3.63, 3.8) is 0 Å². The number of carbonyl (C=O) groups excluding carboxylic acids is 2. The molecule has 0 fully saturated rings. The number of rotatable bonds is 6. The fourth-order valence-electron chi connectivity index (χ4n) is 1.66. The predicted octanol–water partition coefficient (Wildman–Crippen LogP) is 2.54. The van der Waals surface area contributed by atoms with Crippen molar-refractivity contribution in [3.05, 3.63) is 5.82 Å². The van der Waals surface area contributed by atoms with Gasteiger partial charge in [-0.05, 0) is 12.8 Å². The van der Waals surface area contributed by atoms with Gasteiger partial charge in [-0.1, -0.05) is 32.5 Å². The zero-order chi connectivity index (χ0) is 17.6. The van der Waals surface area contributed by atoms with Crippen LogP contribution in [0.4, 0.5) is 4.79 Å². The number of methoxy groups -OCH3 is 1. The topological polar surface area (TPSA) is 77.3 Å². The van der Waals surface area contributed by atoms with Crippen molar-refractivity contribution in [1.82, 2.24) is 19.7 Å². The van der Waals surface area contributed by atoms with Crippen LogP contribution in [0.2, 0.25) is 0 Å². The van der Waals surface area contributed by atoms with Gasteiger partial charge in [0.15, 0.2) is 11.0 Å². The molecule has 1 heterocycles. The van der Waals surface area contributed by atoms with Crippen LogP contribution in [0.25, 0.3) is 0 Å². The van der Waals surface area contributed by atoms with E-state index in [0.717, 1.165) is 18.6 Å². The Morgan fingerprint density at radius 1 is 1.26 bits per heavy atom. The maximum atomic E-state index is 12.2. The van der Waals surface area contributed by atoms with Crippen molar-refractivity contribution in [2.24, 2.45) is 0 Å². The lowest BCUT2D eigenvalue weighted by atomic mass is 9.96. The maximum Gasteiger partial charge on any atom is 0.346 e. The molecule has 0 aliphatic carbocycles. The number of hydrogen-bond acceptors (Lipinski definition) is 6. The largest absolute Gasteiger partial charge is 0.469 e. The molecule has 0 saturated heterocycles. The van der Waals surface area contributed by atoms with Crippen LogP contribution in [0.15, 0.2) is 5.16 Å². The molecule has 7 nitrogen and oxygen atoms in total. The first-order valence-electron chi connectivity index (χ1n) is 7.55. The van der Waals surface area contributed by atoms with Gasteiger partial charge in [0.1, 0.15) is 0 Å². The van der Waals surface area contributed by atoms with Crippen molar-refractivity contribution in [3.8, 4) is 0 Å². The highest BCUT2D eigenvalue weighted by molar-refractivity contribution is 7.99. The molecule has 130 valence electrons. The zero-order valence-electron chi connectivity index (χ0n) is 14.8. The van der Waals surface area contributed by atoms with Crippen molar-refractivity contribution >= 4 is 23.8 Å². The summed E-state index contributed by atoms with van der Waals surface area (Å²) in [4.78, 5) is 29.3. The average Bonchev–Trinajstić information content (AvgIpc) is 2.89. The van der Waals surface area contributed by atoms with Gasteiger partial charge >= 0.3 is 12.0 Å². The smallest absolute Gasteiger partial charge is 0.346 e. The van der Waals surface area contributed by atoms with Crippen molar-refractivity contribution in [1.29, 1.82) is 0 Å². The molecule has 1 aromatic heterocycles. The molecule has 0 radical (unpaired) electrons. The summed E-state index contributed by atoms with van der Waals surface area (Å²) in [5, 5.41) is 4.95. The van der Waals surface area contributed by atoms with E-state index in [1.807, 2.05) is 20.8 Å². The van der Waals surface area contributed by atoms with Crippen molar-refractivity contribution < 1.29 is 14.3 Å². The molecule has 0 saturated carbocycles. The van der Waals surface area contributed by atoms with E-state index in [2.05, 4.69) is 14.8 Å². The van der Waals surface area contributed by atoms with Gasteiger partial charge in [0.2, 0.25) is 0 Å². The molecule has 1 rings (SSSR count). The van der Waals surface area contributed by atoms with Crippen molar-refractivity contribution in [2.45, 2.75) is 50.6 Å². The van der Waals surface area contributed by atoms with Gasteiger partial charge in [-0.15, -0.1) is 5.10 Å². The molecular weight excluding hydrogens is 316 g/mol. The first-order chi connectivity index (χ1) is 10.7. The van der Waals surface area contributed by atoms with E-state index in [9.17, 15) is 9.59 Å². The van der Waals surface area contributed by atoms with E-state index >= 15 is 0 Å². The molecule has 0 aliphatic heterocycles. The van der Waals surface area contributed by atoms with Crippen LogP contribution in [-0.4, -0.2) is 58.6 Å². The number of aromatic nitrogens is 3. The Labute approximate surface area is 141 Å². The van der Waals surface area contributed by atoms with Gasteiger partial charge in [0.25, 0.3) is 0 Å². The van der Waals surface area contributed by atoms with E-state index in [1.54, 1.807) is 14.1 Å². The molecule has 0 aromatic carbocycles. The Bertz CT molecular complexity index is 549. The van der Waals surface area contributed by atoms with Gasteiger partial charge in [-0.25, -0.2) is 9.78 Å². The van der Waals surface area contributed by atoms with Gasteiger partial charge in [-0.3, -0.25) is 4.79 Å². The lowest BCUT2D eigenvalue weighted by Gasteiger charge is -2.13. The van der Waals surface area contributed by atoms with Crippen LogP contribution in [0.5, 0.6) is 0 Å². The number of nitrogens with zero attached hydrogens (tertiary/aromatic N) is 4. The normalized spacial score (nSPS) is 11.4. The summed E-state index contributed by atoms with van der Waals surface area (Å²) < 4.78 is 5.96. The summed E-state index contributed by atoms with van der Waals surface area (Å²) in [5.74, 6) is 1.21. The summed E-state index contributed by atoms with van der Waals surface area (Å²) in [6, 6.07) is -0.218. The van der Waals surface area contributed by atoms with Gasteiger partial charge in [0, 0.05) is 31.7 Å². The van der Waals surface area contributed by atoms with Crippen LogP contribution < -0.4 is 0 Å². The molecule has 0 unspecified atom stereocenters. The molecule has 0 bridgehead atoms. The number of thioether (sulfide) groups is 1. The molecule has 8 heteroatoms. The Kier molecular flexibility index (Phi) is 7.05. The monoisotopic (exact) mass is 342 g/mol. The first-order valence-corrected chi connectivity index (χ1v) is 8.54.